The number of aryl methyl sites for hydroxylation is 1. The number of carbonyl (C=O) groups is 2. The van der Waals surface area contributed by atoms with Gasteiger partial charge in [0.15, 0.2) is 12.3 Å². The number of aromatic nitrogens is 2. The number of benzene rings is 2. The van der Waals surface area contributed by atoms with Gasteiger partial charge in [-0.3, -0.25) is 9.59 Å². The van der Waals surface area contributed by atoms with Crippen LogP contribution in [0.4, 0.5) is 10.1 Å². The molecule has 0 aliphatic rings. The van der Waals surface area contributed by atoms with Gasteiger partial charge in [-0.1, -0.05) is 12.1 Å². The molecule has 2 aromatic heterocycles. The first-order valence-corrected chi connectivity index (χ1v) is 9.83. The van der Waals surface area contributed by atoms with E-state index in [2.05, 4.69) is 10.3 Å². The summed E-state index contributed by atoms with van der Waals surface area (Å²) in [4.78, 5) is 41.2. The van der Waals surface area contributed by atoms with E-state index in [1.165, 1.54) is 42.5 Å². The monoisotopic (exact) mass is 451 g/mol. The fourth-order valence-corrected chi connectivity index (χ4v) is 3.00. The van der Waals surface area contributed by atoms with Crippen LogP contribution in [-0.2, 0) is 16.1 Å². The molecular formula is C23H18FN3O6. The third kappa shape index (κ3) is 5.24. The number of amides is 1. The fraction of sp³-hybridized carbons (Fsp3) is 0.130. The first-order valence-electron chi connectivity index (χ1n) is 9.83. The van der Waals surface area contributed by atoms with Gasteiger partial charge >= 0.3 is 5.97 Å². The van der Waals surface area contributed by atoms with Crippen LogP contribution in [0, 0.1) is 12.7 Å². The lowest BCUT2D eigenvalue weighted by molar-refractivity contribution is -0.118. The van der Waals surface area contributed by atoms with Crippen LogP contribution >= 0.6 is 0 Å². The van der Waals surface area contributed by atoms with E-state index in [-0.39, 0.29) is 30.2 Å². The number of esters is 1. The molecule has 168 valence electrons. The van der Waals surface area contributed by atoms with Gasteiger partial charge in [0.1, 0.15) is 23.9 Å². The molecule has 0 saturated carbocycles. The summed E-state index contributed by atoms with van der Waals surface area (Å²) >= 11 is 0. The minimum absolute atomic E-state index is 0.115. The topological polar surface area (TPSA) is 112 Å². The largest absolute Gasteiger partial charge is 0.484 e. The number of rotatable bonds is 7. The summed E-state index contributed by atoms with van der Waals surface area (Å²) in [5.41, 5.74) is 0.463. The molecular weight excluding hydrogens is 433 g/mol. The zero-order valence-electron chi connectivity index (χ0n) is 17.4. The first kappa shape index (κ1) is 21.8. The van der Waals surface area contributed by atoms with Gasteiger partial charge < -0.3 is 19.3 Å². The predicted octanol–water partition coefficient (Wildman–Crippen LogP) is 3.11. The number of para-hydroxylation sites is 1. The van der Waals surface area contributed by atoms with Crippen molar-refractivity contribution in [1.82, 2.24) is 9.56 Å². The molecule has 1 amide bonds. The third-order valence-corrected chi connectivity index (χ3v) is 4.48. The van der Waals surface area contributed by atoms with Crippen molar-refractivity contribution in [3.05, 3.63) is 93.9 Å². The van der Waals surface area contributed by atoms with Crippen LogP contribution in [0.25, 0.3) is 5.65 Å². The molecule has 0 radical (unpaired) electrons. The van der Waals surface area contributed by atoms with Crippen LogP contribution in [0.3, 0.4) is 0 Å². The number of halogens is 1. The minimum atomic E-state index is -0.712. The van der Waals surface area contributed by atoms with Crippen molar-refractivity contribution < 1.29 is 28.0 Å². The molecule has 0 fully saturated rings. The molecule has 0 bridgehead atoms. The highest BCUT2D eigenvalue weighted by atomic mass is 19.1. The van der Waals surface area contributed by atoms with Crippen molar-refractivity contribution in [1.29, 1.82) is 0 Å². The molecule has 0 spiro atoms. The van der Waals surface area contributed by atoms with E-state index in [9.17, 15) is 18.8 Å². The summed E-state index contributed by atoms with van der Waals surface area (Å²) in [5, 5.41) is 2.59. The zero-order valence-corrected chi connectivity index (χ0v) is 17.4. The van der Waals surface area contributed by atoms with Crippen LogP contribution in [0.15, 0.2) is 70.0 Å². The summed E-state index contributed by atoms with van der Waals surface area (Å²) in [7, 11) is 0. The Labute approximate surface area is 186 Å². The van der Waals surface area contributed by atoms with Gasteiger partial charge in [-0.2, -0.15) is 0 Å². The second-order valence-corrected chi connectivity index (χ2v) is 7.00. The van der Waals surface area contributed by atoms with Crippen molar-refractivity contribution in [2.75, 3.05) is 11.9 Å². The number of hydrogen-bond donors (Lipinski definition) is 1. The lowest BCUT2D eigenvalue weighted by Crippen LogP contribution is -2.22. The number of carbonyl (C=O) groups excluding carboxylic acids is 2. The smallest absolute Gasteiger partial charge is 0.340 e. The molecule has 0 unspecified atom stereocenters. The Balaban J connectivity index is 1.40. The van der Waals surface area contributed by atoms with Gasteiger partial charge in [0.05, 0.1) is 16.9 Å². The van der Waals surface area contributed by atoms with Crippen molar-refractivity contribution in [3.63, 3.8) is 0 Å². The maximum atomic E-state index is 13.0. The molecule has 4 rings (SSSR count). The van der Waals surface area contributed by atoms with Crippen LogP contribution in [0.5, 0.6) is 5.75 Å². The van der Waals surface area contributed by atoms with E-state index >= 15 is 0 Å². The van der Waals surface area contributed by atoms with Gasteiger partial charge in [0.2, 0.25) is 0 Å². The highest BCUT2D eigenvalue weighted by Crippen LogP contribution is 2.18. The molecule has 33 heavy (non-hydrogen) atoms. The zero-order chi connectivity index (χ0) is 23.4. The van der Waals surface area contributed by atoms with E-state index in [4.69, 9.17) is 14.0 Å². The number of anilines is 1. The number of hydrogen-bond acceptors (Lipinski definition) is 7. The van der Waals surface area contributed by atoms with Gasteiger partial charge in [-0.05, 0) is 43.3 Å². The molecule has 10 heteroatoms. The molecule has 2 heterocycles. The van der Waals surface area contributed by atoms with Crippen LogP contribution < -0.4 is 15.6 Å². The van der Waals surface area contributed by atoms with Gasteiger partial charge in [-0.15, -0.1) is 4.57 Å². The third-order valence-electron chi connectivity index (χ3n) is 4.48. The lowest BCUT2D eigenvalue weighted by Gasteiger charge is -2.11. The maximum Gasteiger partial charge on any atom is 0.340 e. The summed E-state index contributed by atoms with van der Waals surface area (Å²) < 4.78 is 29.8. The Hall–Kier alpha value is -4.47. The minimum Gasteiger partial charge on any atom is -0.484 e. The van der Waals surface area contributed by atoms with Crippen LogP contribution in [-0.4, -0.2) is 28.0 Å². The average Bonchev–Trinajstić information content (AvgIpc) is 3.18. The van der Waals surface area contributed by atoms with Crippen LogP contribution in [0.1, 0.15) is 21.8 Å². The number of nitrogens with zero attached hydrogens (tertiary/aromatic N) is 2. The van der Waals surface area contributed by atoms with E-state index < -0.39 is 23.3 Å². The fourth-order valence-electron chi connectivity index (χ4n) is 3.00. The van der Waals surface area contributed by atoms with E-state index in [0.29, 0.717) is 17.2 Å². The summed E-state index contributed by atoms with van der Waals surface area (Å²) in [6.07, 6.45) is 0. The molecule has 0 aliphatic carbocycles. The van der Waals surface area contributed by atoms with Gasteiger partial charge in [-0.25, -0.2) is 14.2 Å². The Kier molecular flexibility index (Phi) is 6.16. The highest BCUT2D eigenvalue weighted by molar-refractivity contribution is 6.01. The Morgan fingerprint density at radius 1 is 1.12 bits per heavy atom. The number of nitrogens with one attached hydrogen (secondary N) is 1. The van der Waals surface area contributed by atoms with Gasteiger partial charge in [0.25, 0.3) is 11.5 Å². The quantitative estimate of drug-likeness (QED) is 0.430. The molecule has 2 aromatic carbocycles. The summed E-state index contributed by atoms with van der Waals surface area (Å²) in [6.45, 7) is 1.10. The molecule has 9 nitrogen and oxygen atoms in total. The SMILES string of the molecule is Cc1cc2nc(COC(=O)c3ccccc3NC(=O)COc3ccc(F)cc3)cc(=O)n2o1. The maximum absolute atomic E-state index is 13.0. The Morgan fingerprint density at radius 2 is 1.88 bits per heavy atom. The highest BCUT2D eigenvalue weighted by Gasteiger charge is 2.16. The second kappa shape index (κ2) is 9.35. The number of ether oxygens (including phenoxy) is 2. The summed E-state index contributed by atoms with van der Waals surface area (Å²) in [5.74, 6) is -0.806. The first-order chi connectivity index (χ1) is 15.9. The van der Waals surface area contributed by atoms with Crippen molar-refractivity contribution in [2.45, 2.75) is 13.5 Å². The van der Waals surface area contributed by atoms with E-state index in [0.717, 1.165) is 4.57 Å². The Morgan fingerprint density at radius 3 is 2.67 bits per heavy atom. The number of fused-ring (bicyclic) bond motifs is 1. The molecule has 1 N–H and O–H groups in total. The second-order valence-electron chi connectivity index (χ2n) is 7.00. The average molecular weight is 451 g/mol. The van der Waals surface area contributed by atoms with Crippen molar-refractivity contribution >= 4 is 23.2 Å². The molecule has 0 saturated heterocycles. The van der Waals surface area contributed by atoms with Crippen molar-refractivity contribution in [2.24, 2.45) is 0 Å². The Bertz CT molecular complexity index is 1380. The van der Waals surface area contributed by atoms with E-state index in [1.54, 1.807) is 25.1 Å². The molecule has 4 aromatic rings. The van der Waals surface area contributed by atoms with Gasteiger partial charge in [0, 0.05) is 12.1 Å². The lowest BCUT2D eigenvalue weighted by atomic mass is 10.2. The molecule has 0 atom stereocenters. The van der Waals surface area contributed by atoms with Crippen LogP contribution in [0.2, 0.25) is 0 Å². The normalized spacial score (nSPS) is 10.7. The van der Waals surface area contributed by atoms with Crippen molar-refractivity contribution in [3.8, 4) is 5.75 Å². The summed E-state index contributed by atoms with van der Waals surface area (Å²) in [6, 6.07) is 14.3. The molecule has 0 aliphatic heterocycles. The predicted molar refractivity (Wildman–Crippen MR) is 115 cm³/mol. The van der Waals surface area contributed by atoms with E-state index in [1.807, 2.05) is 0 Å². The standard InChI is InChI=1S/C23H18FN3O6/c1-14-10-20-25-16(11-22(29)27(20)33-14)12-32-23(30)18-4-2-3-5-19(18)26-21(28)13-31-17-8-6-15(24)7-9-17/h2-11H,12-13H2,1H3,(H,26,28).